The number of nitrogens with one attached hydrogen (secondary N) is 1. The summed E-state index contributed by atoms with van der Waals surface area (Å²) >= 11 is 0. The van der Waals surface area contributed by atoms with Crippen molar-refractivity contribution in [3.63, 3.8) is 0 Å². The molecule has 0 aromatic rings. The Bertz CT molecular complexity index is 121. The second-order valence-electron chi connectivity index (χ2n) is 2.98. The molecule has 0 unspecified atom stereocenters. The number of rotatable bonds is 3. The average molecular weight is 139 g/mol. The van der Waals surface area contributed by atoms with Crippen LogP contribution in [0, 0.1) is 5.92 Å². The van der Waals surface area contributed by atoms with Crippen molar-refractivity contribution in [1.82, 2.24) is 5.23 Å². The predicted molar refractivity (Wildman–Crippen MR) is 43.5 cm³/mol. The Morgan fingerprint density at radius 1 is 1.50 bits per heavy atom. The lowest BCUT2D eigenvalue weighted by atomic mass is 10.0. The Morgan fingerprint density at radius 3 is 2.60 bits per heavy atom. The molecule has 0 aromatic carbocycles. The molecule has 1 aliphatic rings. The third-order valence-corrected chi connectivity index (χ3v) is 2.16. The zero-order chi connectivity index (χ0) is 7.40. The van der Waals surface area contributed by atoms with Crippen molar-refractivity contribution in [2.45, 2.75) is 25.7 Å². The van der Waals surface area contributed by atoms with E-state index in [4.69, 9.17) is 0 Å². The van der Waals surface area contributed by atoms with Gasteiger partial charge in [0, 0.05) is 12.5 Å². The second kappa shape index (κ2) is 3.76. The van der Waals surface area contributed by atoms with Crippen LogP contribution in [-0.2, 0) is 4.79 Å². The molecular formula is C7H14BNO. The molecule has 0 atom stereocenters. The van der Waals surface area contributed by atoms with Crippen LogP contribution >= 0.6 is 0 Å². The van der Waals surface area contributed by atoms with Gasteiger partial charge < -0.3 is 5.23 Å². The van der Waals surface area contributed by atoms with Gasteiger partial charge in [-0.1, -0.05) is 12.8 Å². The monoisotopic (exact) mass is 139 g/mol. The van der Waals surface area contributed by atoms with Gasteiger partial charge >= 0.3 is 0 Å². The Labute approximate surface area is 62.8 Å². The van der Waals surface area contributed by atoms with Crippen molar-refractivity contribution < 1.29 is 4.79 Å². The average Bonchev–Trinajstić information content (AvgIpc) is 2.38. The van der Waals surface area contributed by atoms with E-state index in [9.17, 15) is 4.79 Å². The molecule has 10 heavy (non-hydrogen) atoms. The number of ketones is 1. The van der Waals surface area contributed by atoms with E-state index in [1.807, 2.05) is 7.98 Å². The fourth-order valence-electron chi connectivity index (χ4n) is 1.57. The summed E-state index contributed by atoms with van der Waals surface area (Å²) in [6.07, 6.45) is 4.75. The van der Waals surface area contributed by atoms with Crippen LogP contribution in [0.15, 0.2) is 0 Å². The van der Waals surface area contributed by atoms with Gasteiger partial charge in [0.15, 0.2) is 7.98 Å². The molecule has 0 saturated heterocycles. The lowest BCUT2D eigenvalue weighted by Gasteiger charge is -2.05. The molecule has 3 heteroatoms. The van der Waals surface area contributed by atoms with E-state index < -0.39 is 0 Å². The summed E-state index contributed by atoms with van der Waals surface area (Å²) in [5.41, 5.74) is 0. The summed E-state index contributed by atoms with van der Waals surface area (Å²) in [6, 6.07) is 0. The molecule has 0 aliphatic heterocycles. The summed E-state index contributed by atoms with van der Waals surface area (Å²) in [4.78, 5) is 11.2. The van der Waals surface area contributed by atoms with Gasteiger partial charge in [0.25, 0.3) is 0 Å². The van der Waals surface area contributed by atoms with E-state index in [0.717, 1.165) is 12.8 Å². The lowest BCUT2D eigenvalue weighted by Crippen LogP contribution is -2.25. The van der Waals surface area contributed by atoms with Gasteiger partial charge in [0.2, 0.25) is 0 Å². The molecule has 1 saturated carbocycles. The van der Waals surface area contributed by atoms with Crippen LogP contribution < -0.4 is 5.23 Å². The number of Topliss-reactive ketones (excluding diaryl/α,β-unsaturated/α-hetero) is 1. The van der Waals surface area contributed by atoms with Crippen LogP contribution in [0.25, 0.3) is 0 Å². The van der Waals surface area contributed by atoms with Gasteiger partial charge in [-0.05, 0) is 12.8 Å². The van der Waals surface area contributed by atoms with Gasteiger partial charge in [-0.2, -0.15) is 0 Å². The van der Waals surface area contributed by atoms with Crippen LogP contribution in [-0.4, -0.2) is 20.3 Å². The zero-order valence-corrected chi connectivity index (χ0v) is 6.52. The highest BCUT2D eigenvalue weighted by Crippen LogP contribution is 2.24. The van der Waals surface area contributed by atoms with Crippen molar-refractivity contribution in [3.05, 3.63) is 0 Å². The van der Waals surface area contributed by atoms with Crippen LogP contribution in [0.1, 0.15) is 25.7 Å². The lowest BCUT2D eigenvalue weighted by molar-refractivity contribution is -0.121. The third kappa shape index (κ3) is 1.84. The molecule has 0 spiro atoms. The van der Waals surface area contributed by atoms with Crippen LogP contribution in [0.3, 0.4) is 0 Å². The SMILES string of the molecule is BNCC(=O)C1CCCC1. The number of carbonyl (C=O) groups excluding carboxylic acids is 1. The number of hydrogen-bond acceptors (Lipinski definition) is 2. The summed E-state index contributed by atoms with van der Waals surface area (Å²) in [7, 11) is 1.83. The fourth-order valence-corrected chi connectivity index (χ4v) is 1.57. The van der Waals surface area contributed by atoms with Crippen molar-refractivity contribution in [2.75, 3.05) is 6.54 Å². The first kappa shape index (κ1) is 7.80. The maximum Gasteiger partial charge on any atom is 0.182 e. The van der Waals surface area contributed by atoms with Gasteiger partial charge in [0.1, 0.15) is 5.78 Å². The minimum Gasteiger partial charge on any atom is -0.356 e. The van der Waals surface area contributed by atoms with Gasteiger partial charge in [-0.15, -0.1) is 0 Å². The van der Waals surface area contributed by atoms with Gasteiger partial charge in [-0.3, -0.25) is 4.79 Å². The summed E-state index contributed by atoms with van der Waals surface area (Å²) in [5, 5.41) is 2.89. The molecule has 1 N–H and O–H groups in total. The first-order valence-electron chi connectivity index (χ1n) is 4.02. The third-order valence-electron chi connectivity index (χ3n) is 2.16. The summed E-state index contributed by atoms with van der Waals surface area (Å²) < 4.78 is 0. The second-order valence-corrected chi connectivity index (χ2v) is 2.98. The van der Waals surface area contributed by atoms with E-state index in [2.05, 4.69) is 5.23 Å². The van der Waals surface area contributed by atoms with E-state index in [1.165, 1.54) is 12.8 Å². The smallest absolute Gasteiger partial charge is 0.182 e. The molecule has 0 bridgehead atoms. The zero-order valence-electron chi connectivity index (χ0n) is 6.52. The van der Waals surface area contributed by atoms with Crippen molar-refractivity contribution in [3.8, 4) is 0 Å². The van der Waals surface area contributed by atoms with Gasteiger partial charge in [-0.25, -0.2) is 0 Å². The Morgan fingerprint density at radius 2 is 2.10 bits per heavy atom. The molecule has 0 aromatic heterocycles. The number of hydrogen-bond donors (Lipinski definition) is 1. The first-order chi connectivity index (χ1) is 4.84. The van der Waals surface area contributed by atoms with Crippen LogP contribution in [0.5, 0.6) is 0 Å². The minimum atomic E-state index is 0.382. The highest BCUT2D eigenvalue weighted by Gasteiger charge is 2.21. The Balaban J connectivity index is 2.25. The van der Waals surface area contributed by atoms with Crippen molar-refractivity contribution in [2.24, 2.45) is 5.92 Å². The van der Waals surface area contributed by atoms with E-state index in [0.29, 0.717) is 18.2 Å². The molecular weight excluding hydrogens is 125 g/mol. The van der Waals surface area contributed by atoms with Crippen LogP contribution in [0.4, 0.5) is 0 Å². The topological polar surface area (TPSA) is 29.1 Å². The Hall–Kier alpha value is -0.305. The van der Waals surface area contributed by atoms with E-state index in [1.54, 1.807) is 0 Å². The standard InChI is InChI=1S/C7H14BNO/c8-9-5-7(10)6-3-1-2-4-6/h6,9H,1-5,8H2. The molecule has 0 heterocycles. The molecule has 1 rings (SSSR count). The van der Waals surface area contributed by atoms with Crippen molar-refractivity contribution >= 4 is 13.8 Å². The molecule has 0 radical (unpaired) electrons. The van der Waals surface area contributed by atoms with E-state index in [-0.39, 0.29) is 0 Å². The molecule has 0 amide bonds. The molecule has 1 fully saturated rings. The predicted octanol–water partition coefficient (Wildman–Crippen LogP) is -0.117. The highest BCUT2D eigenvalue weighted by molar-refractivity contribution is 6.06. The quantitative estimate of drug-likeness (QED) is 0.552. The van der Waals surface area contributed by atoms with Crippen LogP contribution in [0.2, 0.25) is 0 Å². The number of carbonyl (C=O) groups is 1. The maximum atomic E-state index is 11.2. The normalized spacial score (nSPS) is 19.6. The molecule has 56 valence electrons. The van der Waals surface area contributed by atoms with Crippen molar-refractivity contribution in [1.29, 1.82) is 0 Å². The fraction of sp³-hybridized carbons (Fsp3) is 0.857. The molecule has 2 nitrogen and oxygen atoms in total. The molecule has 1 aliphatic carbocycles. The Kier molecular flexibility index (Phi) is 2.94. The summed E-state index contributed by atoms with van der Waals surface area (Å²) in [6.45, 7) is 0.560. The largest absolute Gasteiger partial charge is 0.356 e. The minimum absolute atomic E-state index is 0.382. The highest BCUT2D eigenvalue weighted by atomic mass is 16.1. The van der Waals surface area contributed by atoms with E-state index >= 15 is 0 Å². The first-order valence-corrected chi connectivity index (χ1v) is 4.02. The summed E-state index contributed by atoms with van der Waals surface area (Å²) in [5.74, 6) is 0.785. The van der Waals surface area contributed by atoms with Gasteiger partial charge in [0.05, 0.1) is 0 Å². The maximum absolute atomic E-state index is 11.2.